The number of aromatic nitrogens is 1. The van der Waals surface area contributed by atoms with Crippen LogP contribution in [-0.4, -0.2) is 50.0 Å². The van der Waals surface area contributed by atoms with Gasteiger partial charge in [-0.25, -0.2) is 12.7 Å². The summed E-state index contributed by atoms with van der Waals surface area (Å²) in [6, 6.07) is 8.63. The molecule has 0 fully saturated rings. The Bertz CT molecular complexity index is 874. The molecule has 0 radical (unpaired) electrons. The van der Waals surface area contributed by atoms with E-state index >= 15 is 0 Å². The van der Waals surface area contributed by atoms with Crippen molar-refractivity contribution >= 4 is 26.7 Å². The third-order valence-electron chi connectivity index (χ3n) is 3.50. The minimum atomic E-state index is -3.21. The fraction of sp³-hybridized carbons (Fsp3) is 0.333. The minimum Gasteiger partial charge on any atom is -0.351 e. The summed E-state index contributed by atoms with van der Waals surface area (Å²) in [7, 11) is -1.73. The highest BCUT2D eigenvalue weighted by Crippen LogP contribution is 2.09. The molecule has 23 heavy (non-hydrogen) atoms. The maximum atomic E-state index is 12.1. The number of carbonyl (C=O) groups excluding carboxylic acids is 1. The van der Waals surface area contributed by atoms with Gasteiger partial charge in [-0.2, -0.15) is 0 Å². The molecule has 0 saturated heterocycles. The lowest BCUT2D eigenvalue weighted by Gasteiger charge is -2.13. The van der Waals surface area contributed by atoms with E-state index in [1.165, 1.54) is 11.4 Å². The third-order valence-corrected chi connectivity index (χ3v) is 4.81. The van der Waals surface area contributed by atoms with E-state index < -0.39 is 15.9 Å². The summed E-state index contributed by atoms with van der Waals surface area (Å²) < 4.78 is 23.7. The van der Waals surface area contributed by atoms with Crippen molar-refractivity contribution in [2.24, 2.45) is 0 Å². The Balaban J connectivity index is 1.98. The highest BCUT2D eigenvalue weighted by molar-refractivity contribution is 7.88. The standard InChI is InChI=1S/C15H19N3O4S/c1-18(23(2,21)22)9-5-8-16-15(20)13-10-11-6-3-4-7-12(11)14(19)17-13/h3-4,6-7,10H,5,8-9H2,1-2H3,(H,16,20)(H,17,19). The monoisotopic (exact) mass is 337 g/mol. The van der Waals surface area contributed by atoms with E-state index in [1.807, 2.05) is 0 Å². The highest BCUT2D eigenvalue weighted by atomic mass is 32.2. The summed E-state index contributed by atoms with van der Waals surface area (Å²) in [6.07, 6.45) is 1.61. The van der Waals surface area contributed by atoms with Gasteiger partial charge < -0.3 is 10.3 Å². The topological polar surface area (TPSA) is 99.3 Å². The number of amides is 1. The molecular formula is C15H19N3O4S. The SMILES string of the molecule is CN(CCCNC(=O)c1cc2ccccc2c(=O)[nH]1)S(C)(=O)=O. The number of fused-ring (bicyclic) bond motifs is 1. The summed E-state index contributed by atoms with van der Waals surface area (Å²) in [6.45, 7) is 0.626. The van der Waals surface area contributed by atoms with Gasteiger partial charge in [0.2, 0.25) is 10.0 Å². The first-order valence-electron chi connectivity index (χ1n) is 7.10. The molecule has 2 rings (SSSR count). The Hall–Kier alpha value is -2.19. The lowest BCUT2D eigenvalue weighted by atomic mass is 10.1. The Morgan fingerprint density at radius 3 is 2.70 bits per heavy atom. The predicted octanol–water partition coefficient (Wildman–Crippen LogP) is 0.539. The Labute approximate surface area is 134 Å². The van der Waals surface area contributed by atoms with Crippen LogP contribution in [-0.2, 0) is 10.0 Å². The number of carbonyl (C=O) groups is 1. The number of nitrogens with one attached hydrogen (secondary N) is 2. The van der Waals surface area contributed by atoms with Gasteiger partial charge in [-0.1, -0.05) is 18.2 Å². The van der Waals surface area contributed by atoms with Gasteiger partial charge in [0.05, 0.1) is 6.26 Å². The molecule has 0 aliphatic heterocycles. The van der Waals surface area contributed by atoms with Crippen LogP contribution in [0.3, 0.4) is 0 Å². The van der Waals surface area contributed by atoms with Crippen LogP contribution in [0.15, 0.2) is 35.1 Å². The second-order valence-corrected chi connectivity index (χ2v) is 7.38. The van der Waals surface area contributed by atoms with Crippen LogP contribution in [0.4, 0.5) is 0 Å². The van der Waals surface area contributed by atoms with E-state index in [1.54, 1.807) is 30.3 Å². The predicted molar refractivity (Wildman–Crippen MR) is 89.0 cm³/mol. The lowest BCUT2D eigenvalue weighted by Crippen LogP contribution is -2.31. The van der Waals surface area contributed by atoms with Crippen molar-refractivity contribution in [2.45, 2.75) is 6.42 Å². The van der Waals surface area contributed by atoms with Gasteiger partial charge in [-0.15, -0.1) is 0 Å². The van der Waals surface area contributed by atoms with Gasteiger partial charge in [0.1, 0.15) is 5.69 Å². The first-order valence-corrected chi connectivity index (χ1v) is 8.95. The van der Waals surface area contributed by atoms with Crippen molar-refractivity contribution in [1.82, 2.24) is 14.6 Å². The van der Waals surface area contributed by atoms with Gasteiger partial charge in [0.15, 0.2) is 0 Å². The second-order valence-electron chi connectivity index (χ2n) is 5.29. The molecule has 0 aliphatic carbocycles. The van der Waals surface area contributed by atoms with Gasteiger partial charge in [-0.3, -0.25) is 9.59 Å². The Kier molecular flexibility index (Phi) is 5.17. The fourth-order valence-corrected chi connectivity index (χ4v) is 2.56. The molecule has 2 N–H and O–H groups in total. The number of pyridine rings is 1. The smallest absolute Gasteiger partial charge is 0.267 e. The first kappa shape index (κ1) is 17.2. The van der Waals surface area contributed by atoms with E-state index in [9.17, 15) is 18.0 Å². The largest absolute Gasteiger partial charge is 0.351 e. The normalized spacial score (nSPS) is 11.8. The van der Waals surface area contributed by atoms with Gasteiger partial charge in [0.25, 0.3) is 11.5 Å². The molecular weight excluding hydrogens is 318 g/mol. The quantitative estimate of drug-likeness (QED) is 0.752. The zero-order valence-electron chi connectivity index (χ0n) is 13.0. The molecule has 0 aliphatic rings. The van der Waals surface area contributed by atoms with Crippen LogP contribution in [0.25, 0.3) is 10.8 Å². The Morgan fingerprint density at radius 2 is 2.00 bits per heavy atom. The number of H-pyrrole nitrogens is 1. The molecule has 124 valence electrons. The second kappa shape index (κ2) is 6.93. The summed E-state index contributed by atoms with van der Waals surface area (Å²) in [5.41, 5.74) is -0.129. The number of hydrogen-bond donors (Lipinski definition) is 2. The van der Waals surface area contributed by atoms with E-state index in [-0.39, 0.29) is 11.3 Å². The summed E-state index contributed by atoms with van der Waals surface area (Å²) in [5, 5.41) is 3.89. The van der Waals surface area contributed by atoms with Crippen LogP contribution in [0, 0.1) is 0 Å². The van der Waals surface area contributed by atoms with E-state index in [0.29, 0.717) is 30.3 Å². The average Bonchev–Trinajstić information content (AvgIpc) is 2.50. The van der Waals surface area contributed by atoms with Crippen molar-refractivity contribution in [1.29, 1.82) is 0 Å². The number of nitrogens with zero attached hydrogens (tertiary/aromatic N) is 1. The van der Waals surface area contributed by atoms with Crippen molar-refractivity contribution in [3.05, 3.63) is 46.4 Å². The summed E-state index contributed by atoms with van der Waals surface area (Å²) in [5.74, 6) is -0.394. The number of sulfonamides is 1. The lowest BCUT2D eigenvalue weighted by molar-refractivity contribution is 0.0948. The molecule has 2 aromatic rings. The summed E-state index contributed by atoms with van der Waals surface area (Å²) in [4.78, 5) is 26.5. The van der Waals surface area contributed by atoms with E-state index in [2.05, 4.69) is 10.3 Å². The van der Waals surface area contributed by atoms with E-state index in [0.717, 1.165) is 6.26 Å². The molecule has 1 amide bonds. The van der Waals surface area contributed by atoms with Crippen LogP contribution in [0.5, 0.6) is 0 Å². The van der Waals surface area contributed by atoms with Crippen molar-refractivity contribution < 1.29 is 13.2 Å². The molecule has 8 heteroatoms. The van der Waals surface area contributed by atoms with Gasteiger partial charge >= 0.3 is 0 Å². The maximum absolute atomic E-state index is 12.1. The number of benzene rings is 1. The van der Waals surface area contributed by atoms with Crippen molar-refractivity contribution in [2.75, 3.05) is 26.4 Å². The van der Waals surface area contributed by atoms with Crippen LogP contribution in [0.1, 0.15) is 16.9 Å². The molecule has 7 nitrogen and oxygen atoms in total. The van der Waals surface area contributed by atoms with Gasteiger partial charge in [0, 0.05) is 25.5 Å². The molecule has 1 aromatic carbocycles. The minimum absolute atomic E-state index is 0.185. The molecule has 1 heterocycles. The molecule has 0 saturated carbocycles. The number of aromatic amines is 1. The molecule has 0 unspecified atom stereocenters. The molecule has 0 atom stereocenters. The third kappa shape index (κ3) is 4.40. The fourth-order valence-electron chi connectivity index (χ4n) is 2.10. The highest BCUT2D eigenvalue weighted by Gasteiger charge is 2.11. The van der Waals surface area contributed by atoms with Gasteiger partial charge in [-0.05, 0) is 23.9 Å². The number of hydrogen-bond acceptors (Lipinski definition) is 4. The summed E-state index contributed by atoms with van der Waals surface area (Å²) >= 11 is 0. The van der Waals surface area contributed by atoms with Crippen molar-refractivity contribution in [3.63, 3.8) is 0 Å². The zero-order valence-corrected chi connectivity index (χ0v) is 13.8. The molecule has 1 aromatic heterocycles. The molecule has 0 spiro atoms. The first-order chi connectivity index (χ1) is 10.8. The average molecular weight is 337 g/mol. The van der Waals surface area contributed by atoms with Crippen molar-refractivity contribution in [3.8, 4) is 0 Å². The van der Waals surface area contributed by atoms with Crippen LogP contribution < -0.4 is 10.9 Å². The van der Waals surface area contributed by atoms with Crippen LogP contribution >= 0.6 is 0 Å². The molecule has 0 bridgehead atoms. The maximum Gasteiger partial charge on any atom is 0.267 e. The Morgan fingerprint density at radius 1 is 1.30 bits per heavy atom. The van der Waals surface area contributed by atoms with E-state index in [4.69, 9.17) is 0 Å². The zero-order chi connectivity index (χ0) is 17.0. The van der Waals surface area contributed by atoms with Crippen LogP contribution in [0.2, 0.25) is 0 Å². The number of rotatable bonds is 6.